The van der Waals surface area contributed by atoms with E-state index in [-0.39, 0.29) is 5.41 Å². The molecule has 0 fully saturated rings. The Morgan fingerprint density at radius 2 is 1.06 bits per heavy atom. The number of anilines is 5. The monoisotopic (exact) mass is 693 g/mol. The second kappa shape index (κ2) is 12.7. The molecule has 0 aliphatic carbocycles. The quantitative estimate of drug-likeness (QED) is 0.187. The SMILES string of the molecule is CC1(C)c2ccccc2N(c2ccccc2)c2ccc(-c3ccc4c(c3)c3ccccc3n4-c3ccc(Nc4ccccc4-c4ccccc4)cc3)cc21. The van der Waals surface area contributed by atoms with Crippen LogP contribution < -0.4 is 10.2 Å². The van der Waals surface area contributed by atoms with E-state index in [0.717, 1.165) is 17.1 Å². The van der Waals surface area contributed by atoms with Crippen LogP contribution >= 0.6 is 0 Å². The van der Waals surface area contributed by atoms with Crippen molar-refractivity contribution < 1.29 is 0 Å². The highest BCUT2D eigenvalue weighted by Gasteiger charge is 2.37. The molecule has 8 aromatic carbocycles. The van der Waals surface area contributed by atoms with Crippen molar-refractivity contribution in [3.05, 3.63) is 205 Å². The van der Waals surface area contributed by atoms with Crippen LogP contribution in [0.3, 0.4) is 0 Å². The van der Waals surface area contributed by atoms with E-state index in [1.54, 1.807) is 0 Å². The average Bonchev–Trinajstić information content (AvgIpc) is 3.56. The number of hydrogen-bond acceptors (Lipinski definition) is 2. The second-order valence-corrected chi connectivity index (χ2v) is 14.7. The summed E-state index contributed by atoms with van der Waals surface area (Å²) in [5.41, 5.74) is 16.6. The van der Waals surface area contributed by atoms with E-state index < -0.39 is 0 Å². The average molecular weight is 694 g/mol. The highest BCUT2D eigenvalue weighted by Crippen LogP contribution is 2.52. The van der Waals surface area contributed by atoms with Gasteiger partial charge in [-0.25, -0.2) is 0 Å². The number of nitrogens with one attached hydrogen (secondary N) is 1. The van der Waals surface area contributed by atoms with Crippen molar-refractivity contribution in [1.29, 1.82) is 0 Å². The third-order valence-corrected chi connectivity index (χ3v) is 11.2. The minimum atomic E-state index is -0.169. The zero-order valence-electron chi connectivity index (χ0n) is 30.4. The van der Waals surface area contributed by atoms with Gasteiger partial charge in [0.05, 0.1) is 22.4 Å². The molecule has 1 aromatic heterocycles. The summed E-state index contributed by atoms with van der Waals surface area (Å²) in [5, 5.41) is 6.17. The van der Waals surface area contributed by atoms with Gasteiger partial charge in [0.1, 0.15) is 0 Å². The zero-order chi connectivity index (χ0) is 36.2. The molecule has 9 aromatic rings. The molecule has 0 bridgehead atoms. The molecule has 0 amide bonds. The second-order valence-electron chi connectivity index (χ2n) is 14.7. The van der Waals surface area contributed by atoms with Gasteiger partial charge >= 0.3 is 0 Å². The Morgan fingerprint density at radius 3 is 1.89 bits per heavy atom. The van der Waals surface area contributed by atoms with Crippen molar-refractivity contribution in [1.82, 2.24) is 4.57 Å². The highest BCUT2D eigenvalue weighted by atomic mass is 15.2. The maximum absolute atomic E-state index is 3.68. The first-order valence-corrected chi connectivity index (χ1v) is 18.7. The van der Waals surface area contributed by atoms with E-state index in [9.17, 15) is 0 Å². The first-order chi connectivity index (χ1) is 26.5. The molecule has 1 aliphatic heterocycles. The van der Waals surface area contributed by atoms with Gasteiger partial charge in [-0.3, -0.25) is 0 Å². The fourth-order valence-corrected chi connectivity index (χ4v) is 8.48. The van der Waals surface area contributed by atoms with E-state index in [1.807, 2.05) is 0 Å². The Labute approximate surface area is 316 Å². The number of aromatic nitrogens is 1. The maximum Gasteiger partial charge on any atom is 0.0541 e. The number of hydrogen-bond donors (Lipinski definition) is 1. The molecule has 258 valence electrons. The van der Waals surface area contributed by atoms with Crippen molar-refractivity contribution in [2.45, 2.75) is 19.3 Å². The molecule has 0 radical (unpaired) electrons. The van der Waals surface area contributed by atoms with Crippen molar-refractivity contribution in [3.8, 4) is 27.9 Å². The minimum absolute atomic E-state index is 0.169. The van der Waals surface area contributed by atoms with Crippen LogP contribution in [0.4, 0.5) is 28.4 Å². The molecule has 0 unspecified atom stereocenters. The largest absolute Gasteiger partial charge is 0.355 e. The molecule has 0 saturated carbocycles. The first kappa shape index (κ1) is 31.9. The van der Waals surface area contributed by atoms with Gasteiger partial charge in [-0.2, -0.15) is 0 Å². The minimum Gasteiger partial charge on any atom is -0.355 e. The predicted octanol–water partition coefficient (Wildman–Crippen LogP) is 14.0. The summed E-state index contributed by atoms with van der Waals surface area (Å²) in [6.07, 6.45) is 0. The van der Waals surface area contributed by atoms with Gasteiger partial charge in [0.2, 0.25) is 0 Å². The summed E-state index contributed by atoms with van der Waals surface area (Å²) in [5.74, 6) is 0. The number of benzene rings is 8. The van der Waals surface area contributed by atoms with Crippen LogP contribution in [0, 0.1) is 0 Å². The van der Waals surface area contributed by atoms with Gasteiger partial charge in [-0.1, -0.05) is 129 Å². The van der Waals surface area contributed by atoms with E-state index >= 15 is 0 Å². The van der Waals surface area contributed by atoms with Gasteiger partial charge < -0.3 is 14.8 Å². The number of rotatable bonds is 6. The third kappa shape index (κ3) is 5.20. The Bertz CT molecular complexity index is 2810. The third-order valence-electron chi connectivity index (χ3n) is 11.2. The standard InChI is InChI=1S/C51H39N3/c1-51(2)44-21-11-14-24-49(44)54(39-17-7-4-8-18-39)50-32-26-37(34-45(50)51)36-25-31-48-43(33-36)42-20-10-13-23-47(42)53(48)40-29-27-38(28-30-40)52-46-22-12-9-19-41(46)35-15-5-3-6-16-35/h3-34,52H,1-2H3. The van der Waals surface area contributed by atoms with Gasteiger partial charge in [-0.15, -0.1) is 0 Å². The molecule has 1 N–H and O–H groups in total. The molecule has 1 aliphatic rings. The Hall–Kier alpha value is -6.84. The number of nitrogens with zero attached hydrogens (tertiary/aromatic N) is 2. The lowest BCUT2D eigenvalue weighted by molar-refractivity contribution is 0.632. The number of para-hydroxylation sites is 4. The first-order valence-electron chi connectivity index (χ1n) is 18.7. The van der Waals surface area contributed by atoms with E-state index in [2.05, 4.69) is 223 Å². The summed E-state index contributed by atoms with van der Waals surface area (Å²) < 4.78 is 2.39. The van der Waals surface area contributed by atoms with Crippen LogP contribution in [0.2, 0.25) is 0 Å². The molecule has 10 rings (SSSR count). The van der Waals surface area contributed by atoms with Gasteiger partial charge in [0.15, 0.2) is 0 Å². The molecule has 3 heteroatoms. The summed E-state index contributed by atoms with van der Waals surface area (Å²) >= 11 is 0. The van der Waals surface area contributed by atoms with Crippen LogP contribution in [0.25, 0.3) is 49.7 Å². The lowest BCUT2D eigenvalue weighted by Crippen LogP contribution is -2.30. The van der Waals surface area contributed by atoms with Crippen molar-refractivity contribution in [2.75, 3.05) is 10.2 Å². The number of fused-ring (bicyclic) bond motifs is 5. The van der Waals surface area contributed by atoms with Gasteiger partial charge in [0, 0.05) is 44.5 Å². The molecule has 0 atom stereocenters. The molecule has 0 saturated heterocycles. The summed E-state index contributed by atoms with van der Waals surface area (Å²) in [7, 11) is 0. The fourth-order valence-electron chi connectivity index (χ4n) is 8.48. The van der Waals surface area contributed by atoms with Crippen LogP contribution in [0.1, 0.15) is 25.0 Å². The summed E-state index contributed by atoms with van der Waals surface area (Å²) in [6, 6.07) is 70.1. The van der Waals surface area contributed by atoms with E-state index in [1.165, 1.54) is 72.2 Å². The Morgan fingerprint density at radius 1 is 0.426 bits per heavy atom. The van der Waals surface area contributed by atoms with E-state index in [0.29, 0.717) is 0 Å². The molecule has 2 heterocycles. The lowest BCUT2D eigenvalue weighted by atomic mass is 9.73. The molecule has 0 spiro atoms. The van der Waals surface area contributed by atoms with Crippen LogP contribution in [-0.4, -0.2) is 4.57 Å². The molecule has 3 nitrogen and oxygen atoms in total. The van der Waals surface area contributed by atoms with Gasteiger partial charge in [-0.05, 0) is 107 Å². The normalized spacial score (nSPS) is 13.1. The lowest BCUT2D eigenvalue weighted by Gasteiger charge is -2.42. The van der Waals surface area contributed by atoms with Crippen molar-refractivity contribution in [3.63, 3.8) is 0 Å². The Kier molecular flexibility index (Phi) is 7.48. The molecular formula is C51H39N3. The maximum atomic E-state index is 3.68. The predicted molar refractivity (Wildman–Crippen MR) is 228 cm³/mol. The topological polar surface area (TPSA) is 20.2 Å². The van der Waals surface area contributed by atoms with E-state index in [4.69, 9.17) is 0 Å². The zero-order valence-corrected chi connectivity index (χ0v) is 30.4. The smallest absolute Gasteiger partial charge is 0.0541 e. The van der Waals surface area contributed by atoms with Crippen LogP contribution in [-0.2, 0) is 5.41 Å². The highest BCUT2D eigenvalue weighted by molar-refractivity contribution is 6.10. The molecular weight excluding hydrogens is 655 g/mol. The molecule has 54 heavy (non-hydrogen) atoms. The van der Waals surface area contributed by atoms with Crippen molar-refractivity contribution in [2.24, 2.45) is 0 Å². The van der Waals surface area contributed by atoms with Gasteiger partial charge in [0.25, 0.3) is 0 Å². The summed E-state index contributed by atoms with van der Waals surface area (Å²) in [6.45, 7) is 4.72. The van der Waals surface area contributed by atoms with Crippen LogP contribution in [0.5, 0.6) is 0 Å². The fraction of sp³-hybridized carbons (Fsp3) is 0.0588. The Balaban J connectivity index is 1.04. The summed E-state index contributed by atoms with van der Waals surface area (Å²) in [4.78, 5) is 2.42. The van der Waals surface area contributed by atoms with Crippen LogP contribution in [0.15, 0.2) is 194 Å². The van der Waals surface area contributed by atoms with Crippen molar-refractivity contribution >= 4 is 50.2 Å².